The minimum absolute atomic E-state index is 0.00219. The van der Waals surface area contributed by atoms with Gasteiger partial charge in [0.25, 0.3) is 0 Å². The molecule has 2 rings (SSSR count). The Hall–Kier alpha value is -2.76. The smallest absolute Gasteiger partial charge is 0.225 e. The first-order valence-corrected chi connectivity index (χ1v) is 6.60. The minimum atomic E-state index is -0.112. The number of anilines is 3. The first-order valence-electron chi connectivity index (χ1n) is 6.60. The average molecular weight is 284 g/mol. The summed E-state index contributed by atoms with van der Waals surface area (Å²) in [5.74, 6) is 0.830. The first kappa shape index (κ1) is 14.6. The van der Waals surface area contributed by atoms with Crippen LogP contribution in [-0.4, -0.2) is 21.9 Å². The number of nitrogens with one attached hydrogen (secondary N) is 2. The predicted molar refractivity (Wildman–Crippen MR) is 80.7 cm³/mol. The van der Waals surface area contributed by atoms with E-state index < -0.39 is 0 Å². The van der Waals surface area contributed by atoms with Gasteiger partial charge in [-0.2, -0.15) is 0 Å². The van der Waals surface area contributed by atoms with Crippen molar-refractivity contribution in [1.82, 2.24) is 10.2 Å². The minimum Gasteiger partial charge on any atom is -0.339 e. The number of ketones is 1. The van der Waals surface area contributed by atoms with Crippen LogP contribution >= 0.6 is 0 Å². The molecule has 1 heterocycles. The summed E-state index contributed by atoms with van der Waals surface area (Å²) in [6, 6.07) is 10.5. The van der Waals surface area contributed by atoms with Gasteiger partial charge in [-0.3, -0.25) is 9.59 Å². The molecule has 0 unspecified atom stereocenters. The van der Waals surface area contributed by atoms with Crippen molar-refractivity contribution < 1.29 is 9.59 Å². The van der Waals surface area contributed by atoms with Crippen molar-refractivity contribution in [2.75, 3.05) is 10.6 Å². The molecule has 21 heavy (non-hydrogen) atoms. The molecule has 0 saturated carbocycles. The van der Waals surface area contributed by atoms with Crippen molar-refractivity contribution in [3.63, 3.8) is 0 Å². The number of aromatic nitrogens is 2. The highest BCUT2D eigenvalue weighted by atomic mass is 16.1. The molecule has 2 N–H and O–H groups in total. The molecule has 1 amide bonds. The molecule has 0 bridgehead atoms. The maximum absolute atomic E-state index is 11.3. The Balaban J connectivity index is 2.08. The zero-order chi connectivity index (χ0) is 15.2. The lowest BCUT2D eigenvalue weighted by molar-refractivity contribution is -0.115. The Morgan fingerprint density at radius 3 is 2.43 bits per heavy atom. The fourth-order valence-corrected chi connectivity index (χ4v) is 1.66. The van der Waals surface area contributed by atoms with E-state index in [0.717, 1.165) is 5.69 Å². The van der Waals surface area contributed by atoms with E-state index in [1.165, 1.54) is 6.92 Å². The van der Waals surface area contributed by atoms with Crippen molar-refractivity contribution in [2.24, 2.45) is 0 Å². The number of amides is 1. The second kappa shape index (κ2) is 6.60. The molecule has 0 aliphatic carbocycles. The SMILES string of the molecule is CCC(=O)Nc1ccc(Nc2cccc(C(C)=O)c2)nn1. The third-order valence-electron chi connectivity index (χ3n) is 2.79. The number of carbonyl (C=O) groups excluding carboxylic acids is 2. The number of nitrogens with zero attached hydrogens (tertiary/aromatic N) is 2. The van der Waals surface area contributed by atoms with Crippen molar-refractivity contribution in [2.45, 2.75) is 20.3 Å². The van der Waals surface area contributed by atoms with Crippen LogP contribution in [0.1, 0.15) is 30.6 Å². The van der Waals surface area contributed by atoms with Crippen LogP contribution in [0.5, 0.6) is 0 Å². The van der Waals surface area contributed by atoms with Crippen molar-refractivity contribution >= 4 is 29.0 Å². The largest absolute Gasteiger partial charge is 0.339 e. The van der Waals surface area contributed by atoms with E-state index in [1.807, 2.05) is 6.07 Å². The van der Waals surface area contributed by atoms with Gasteiger partial charge >= 0.3 is 0 Å². The molecule has 0 spiro atoms. The molecule has 0 aliphatic rings. The van der Waals surface area contributed by atoms with Crippen LogP contribution in [-0.2, 0) is 4.79 Å². The van der Waals surface area contributed by atoms with Crippen LogP contribution in [0.2, 0.25) is 0 Å². The molecule has 6 nitrogen and oxygen atoms in total. The molecular weight excluding hydrogens is 268 g/mol. The third-order valence-corrected chi connectivity index (χ3v) is 2.79. The molecule has 2 aromatic rings. The van der Waals surface area contributed by atoms with E-state index in [0.29, 0.717) is 23.6 Å². The first-order chi connectivity index (χ1) is 10.1. The van der Waals surface area contributed by atoms with Gasteiger partial charge in [0.2, 0.25) is 5.91 Å². The fourth-order valence-electron chi connectivity index (χ4n) is 1.66. The number of carbonyl (C=O) groups is 2. The van der Waals surface area contributed by atoms with Gasteiger partial charge in [0, 0.05) is 17.7 Å². The zero-order valence-corrected chi connectivity index (χ0v) is 11.9. The molecule has 0 saturated heterocycles. The van der Waals surface area contributed by atoms with Gasteiger partial charge in [-0.1, -0.05) is 19.1 Å². The standard InChI is InChI=1S/C15H16N4O2/c1-3-15(21)17-14-8-7-13(18-19-14)16-12-6-4-5-11(9-12)10(2)20/h4-9H,3H2,1-2H3,(H,16,18)(H,17,19,21). The summed E-state index contributed by atoms with van der Waals surface area (Å²) >= 11 is 0. The quantitative estimate of drug-likeness (QED) is 0.825. The van der Waals surface area contributed by atoms with Gasteiger partial charge in [0.15, 0.2) is 17.4 Å². The predicted octanol–water partition coefficient (Wildman–Crippen LogP) is 2.77. The van der Waals surface area contributed by atoms with Crippen molar-refractivity contribution in [3.8, 4) is 0 Å². The van der Waals surface area contributed by atoms with Gasteiger partial charge in [-0.15, -0.1) is 10.2 Å². The van der Waals surface area contributed by atoms with Crippen LogP contribution in [0.4, 0.5) is 17.3 Å². The summed E-state index contributed by atoms with van der Waals surface area (Å²) in [6.07, 6.45) is 0.388. The van der Waals surface area contributed by atoms with E-state index in [-0.39, 0.29) is 11.7 Å². The summed E-state index contributed by atoms with van der Waals surface area (Å²) in [4.78, 5) is 22.6. The Bertz CT molecular complexity index is 653. The third kappa shape index (κ3) is 4.10. The molecule has 0 aliphatic heterocycles. The van der Waals surface area contributed by atoms with E-state index in [9.17, 15) is 9.59 Å². The van der Waals surface area contributed by atoms with Crippen molar-refractivity contribution in [1.29, 1.82) is 0 Å². The lowest BCUT2D eigenvalue weighted by atomic mass is 10.1. The highest BCUT2D eigenvalue weighted by Crippen LogP contribution is 2.16. The maximum Gasteiger partial charge on any atom is 0.225 e. The fraction of sp³-hybridized carbons (Fsp3) is 0.200. The van der Waals surface area contributed by atoms with E-state index in [1.54, 1.807) is 37.3 Å². The topological polar surface area (TPSA) is 84.0 Å². The molecule has 0 fully saturated rings. The Kier molecular flexibility index (Phi) is 4.61. The molecule has 108 valence electrons. The van der Waals surface area contributed by atoms with Crippen LogP contribution in [0, 0.1) is 0 Å². The molecule has 1 aromatic heterocycles. The highest BCUT2D eigenvalue weighted by molar-refractivity contribution is 5.95. The number of benzene rings is 1. The molecule has 0 atom stereocenters. The van der Waals surface area contributed by atoms with Gasteiger partial charge in [-0.05, 0) is 31.2 Å². The van der Waals surface area contributed by atoms with Crippen LogP contribution in [0.15, 0.2) is 36.4 Å². The molecule has 0 radical (unpaired) electrons. The van der Waals surface area contributed by atoms with Crippen LogP contribution in [0.25, 0.3) is 0 Å². The highest BCUT2D eigenvalue weighted by Gasteiger charge is 2.03. The molecular formula is C15H16N4O2. The van der Waals surface area contributed by atoms with E-state index >= 15 is 0 Å². The number of Topliss-reactive ketones (excluding diaryl/α,β-unsaturated/α-hetero) is 1. The number of hydrogen-bond acceptors (Lipinski definition) is 5. The number of hydrogen-bond donors (Lipinski definition) is 2. The van der Waals surface area contributed by atoms with Crippen molar-refractivity contribution in [3.05, 3.63) is 42.0 Å². The second-order valence-corrected chi connectivity index (χ2v) is 4.47. The summed E-state index contributed by atoms with van der Waals surface area (Å²) < 4.78 is 0. The normalized spacial score (nSPS) is 10.0. The lowest BCUT2D eigenvalue weighted by Crippen LogP contribution is -2.11. The second-order valence-electron chi connectivity index (χ2n) is 4.47. The zero-order valence-electron chi connectivity index (χ0n) is 11.9. The van der Waals surface area contributed by atoms with Gasteiger partial charge in [0.05, 0.1) is 0 Å². The Morgan fingerprint density at radius 1 is 1.10 bits per heavy atom. The average Bonchev–Trinajstić information content (AvgIpc) is 2.49. The monoisotopic (exact) mass is 284 g/mol. The van der Waals surface area contributed by atoms with Crippen LogP contribution < -0.4 is 10.6 Å². The molecule has 6 heteroatoms. The maximum atomic E-state index is 11.3. The van der Waals surface area contributed by atoms with Gasteiger partial charge in [-0.25, -0.2) is 0 Å². The van der Waals surface area contributed by atoms with E-state index in [2.05, 4.69) is 20.8 Å². The summed E-state index contributed by atoms with van der Waals surface area (Å²) in [7, 11) is 0. The van der Waals surface area contributed by atoms with E-state index in [4.69, 9.17) is 0 Å². The summed E-state index contributed by atoms with van der Waals surface area (Å²) in [5, 5.41) is 13.6. The summed E-state index contributed by atoms with van der Waals surface area (Å²) in [6.45, 7) is 3.28. The Labute approximate surface area is 122 Å². The number of rotatable bonds is 5. The van der Waals surface area contributed by atoms with Gasteiger partial charge in [0.1, 0.15) is 0 Å². The summed E-state index contributed by atoms with van der Waals surface area (Å²) in [5.41, 5.74) is 1.38. The van der Waals surface area contributed by atoms with Crippen LogP contribution in [0.3, 0.4) is 0 Å². The Morgan fingerprint density at radius 2 is 1.81 bits per heavy atom. The molecule has 1 aromatic carbocycles. The van der Waals surface area contributed by atoms with Gasteiger partial charge < -0.3 is 10.6 Å². The lowest BCUT2D eigenvalue weighted by Gasteiger charge is -2.07.